The second-order valence-corrected chi connectivity index (χ2v) is 5.81. The fourth-order valence-electron chi connectivity index (χ4n) is 2.83. The number of cyclic esters (lactones) is 1. The lowest BCUT2D eigenvalue weighted by Crippen LogP contribution is -2.47. The monoisotopic (exact) mass is 319 g/mol. The van der Waals surface area contributed by atoms with E-state index in [0.29, 0.717) is 32.8 Å². The van der Waals surface area contributed by atoms with Crippen molar-refractivity contribution in [2.24, 2.45) is 0 Å². The first kappa shape index (κ1) is 15.7. The van der Waals surface area contributed by atoms with Crippen molar-refractivity contribution in [2.75, 3.05) is 32.8 Å². The van der Waals surface area contributed by atoms with Crippen LogP contribution in [-0.4, -0.2) is 65.7 Å². The zero-order chi connectivity index (χ0) is 16.1. The van der Waals surface area contributed by atoms with Gasteiger partial charge in [-0.1, -0.05) is 6.07 Å². The summed E-state index contributed by atoms with van der Waals surface area (Å²) in [7, 11) is 0. The maximum absolute atomic E-state index is 12.3. The highest BCUT2D eigenvalue weighted by Crippen LogP contribution is 2.16. The van der Waals surface area contributed by atoms with Crippen LogP contribution in [0, 0.1) is 0 Å². The van der Waals surface area contributed by atoms with Crippen LogP contribution in [0.15, 0.2) is 24.5 Å². The number of amides is 2. The van der Waals surface area contributed by atoms with Gasteiger partial charge in [-0.15, -0.1) is 0 Å². The molecule has 7 nitrogen and oxygen atoms in total. The minimum absolute atomic E-state index is 0.0263. The van der Waals surface area contributed by atoms with Crippen molar-refractivity contribution in [2.45, 2.75) is 25.6 Å². The Kier molecular flexibility index (Phi) is 5.07. The van der Waals surface area contributed by atoms with Crippen molar-refractivity contribution < 1.29 is 19.1 Å². The fourth-order valence-corrected chi connectivity index (χ4v) is 2.83. The molecule has 0 aromatic carbocycles. The number of pyridine rings is 1. The fraction of sp³-hybridized carbons (Fsp3) is 0.562. The highest BCUT2D eigenvalue weighted by molar-refractivity contribution is 5.83. The van der Waals surface area contributed by atoms with Gasteiger partial charge < -0.3 is 14.4 Å². The second-order valence-electron chi connectivity index (χ2n) is 5.81. The van der Waals surface area contributed by atoms with Crippen molar-refractivity contribution in [3.63, 3.8) is 0 Å². The zero-order valence-electron chi connectivity index (χ0n) is 13.0. The lowest BCUT2D eigenvalue weighted by atomic mass is 10.1. The van der Waals surface area contributed by atoms with E-state index in [2.05, 4.69) is 4.98 Å². The van der Waals surface area contributed by atoms with Gasteiger partial charge in [-0.05, 0) is 24.5 Å². The van der Waals surface area contributed by atoms with Gasteiger partial charge in [-0.25, -0.2) is 4.79 Å². The summed E-state index contributed by atoms with van der Waals surface area (Å²) in [6, 6.07) is 3.85. The van der Waals surface area contributed by atoms with Gasteiger partial charge in [0.1, 0.15) is 13.2 Å². The minimum atomic E-state index is -0.403. The third-order valence-electron chi connectivity index (χ3n) is 4.11. The first-order chi connectivity index (χ1) is 11.2. The molecule has 7 heteroatoms. The topological polar surface area (TPSA) is 72.0 Å². The molecule has 1 atom stereocenters. The van der Waals surface area contributed by atoms with Crippen molar-refractivity contribution in [1.29, 1.82) is 0 Å². The van der Waals surface area contributed by atoms with E-state index in [1.54, 1.807) is 17.3 Å². The predicted octanol–water partition coefficient (Wildman–Crippen LogP) is 1.04. The second kappa shape index (κ2) is 7.41. The van der Waals surface area contributed by atoms with Gasteiger partial charge in [0.25, 0.3) is 0 Å². The summed E-state index contributed by atoms with van der Waals surface area (Å²) in [5.41, 5.74) is 1.02. The van der Waals surface area contributed by atoms with E-state index in [0.717, 1.165) is 18.4 Å². The largest absolute Gasteiger partial charge is 0.448 e. The molecular formula is C16H21N3O4. The lowest BCUT2D eigenvalue weighted by Gasteiger charge is -2.33. The molecule has 2 aliphatic rings. The van der Waals surface area contributed by atoms with Crippen molar-refractivity contribution in [3.05, 3.63) is 30.1 Å². The smallest absolute Gasteiger partial charge is 0.410 e. The molecule has 3 heterocycles. The maximum Gasteiger partial charge on any atom is 0.410 e. The average molecular weight is 319 g/mol. The summed E-state index contributed by atoms with van der Waals surface area (Å²) in [5, 5.41) is 0. The van der Waals surface area contributed by atoms with E-state index >= 15 is 0 Å². The van der Waals surface area contributed by atoms with E-state index in [4.69, 9.17) is 9.47 Å². The van der Waals surface area contributed by atoms with Gasteiger partial charge >= 0.3 is 6.09 Å². The molecule has 23 heavy (non-hydrogen) atoms. The number of hydrogen-bond donors (Lipinski definition) is 0. The third kappa shape index (κ3) is 4.19. The maximum atomic E-state index is 12.3. The van der Waals surface area contributed by atoms with Crippen LogP contribution < -0.4 is 0 Å². The standard InChI is InChI=1S/C16H21N3O4/c20-15(11-19-7-8-22-16(19)21)18-6-2-4-14(10-18)23-12-13-3-1-5-17-9-13/h1,3,5,9,14H,2,4,6-8,10-12H2. The van der Waals surface area contributed by atoms with Crippen LogP contribution in [-0.2, 0) is 20.9 Å². The summed E-state index contributed by atoms with van der Waals surface area (Å²) >= 11 is 0. The Morgan fingerprint density at radius 3 is 3.09 bits per heavy atom. The number of nitrogens with zero attached hydrogens (tertiary/aromatic N) is 3. The molecule has 0 bridgehead atoms. The van der Waals surface area contributed by atoms with E-state index in [1.165, 1.54) is 4.90 Å². The molecule has 2 fully saturated rings. The third-order valence-corrected chi connectivity index (χ3v) is 4.11. The normalized spacial score (nSPS) is 21.4. The van der Waals surface area contributed by atoms with Gasteiger partial charge in [0, 0.05) is 25.5 Å². The summed E-state index contributed by atoms with van der Waals surface area (Å²) in [6.07, 6.45) is 4.99. The molecule has 0 spiro atoms. The van der Waals surface area contributed by atoms with Crippen LogP contribution in [0.3, 0.4) is 0 Å². The Hall–Kier alpha value is -2.15. The molecule has 2 aliphatic heterocycles. The van der Waals surface area contributed by atoms with Crippen molar-refractivity contribution in [3.8, 4) is 0 Å². The van der Waals surface area contributed by atoms with Crippen LogP contribution in [0.5, 0.6) is 0 Å². The highest BCUT2D eigenvalue weighted by atomic mass is 16.6. The number of hydrogen-bond acceptors (Lipinski definition) is 5. The number of carbonyl (C=O) groups is 2. The first-order valence-corrected chi connectivity index (χ1v) is 7.92. The van der Waals surface area contributed by atoms with Gasteiger partial charge in [0.15, 0.2) is 0 Å². The molecule has 2 amide bonds. The van der Waals surface area contributed by atoms with E-state index < -0.39 is 6.09 Å². The van der Waals surface area contributed by atoms with Crippen molar-refractivity contribution in [1.82, 2.24) is 14.8 Å². The first-order valence-electron chi connectivity index (χ1n) is 7.92. The Balaban J connectivity index is 1.47. The molecule has 0 aliphatic carbocycles. The molecule has 1 unspecified atom stereocenters. The Labute approximate surface area is 135 Å². The Bertz CT molecular complexity index is 552. The summed E-state index contributed by atoms with van der Waals surface area (Å²) < 4.78 is 10.7. The highest BCUT2D eigenvalue weighted by Gasteiger charge is 2.29. The van der Waals surface area contributed by atoms with Crippen LogP contribution in [0.2, 0.25) is 0 Å². The van der Waals surface area contributed by atoms with E-state index in [9.17, 15) is 9.59 Å². The van der Waals surface area contributed by atoms with Crippen LogP contribution in [0.25, 0.3) is 0 Å². The van der Waals surface area contributed by atoms with E-state index in [1.807, 2.05) is 12.1 Å². The number of rotatable bonds is 5. The number of likely N-dealkylation sites (tertiary alicyclic amines) is 1. The molecular weight excluding hydrogens is 298 g/mol. The van der Waals surface area contributed by atoms with Gasteiger partial charge in [0.2, 0.25) is 5.91 Å². The van der Waals surface area contributed by atoms with Gasteiger partial charge in [-0.3, -0.25) is 14.7 Å². The molecule has 124 valence electrons. The number of carbonyl (C=O) groups excluding carboxylic acids is 2. The molecule has 2 saturated heterocycles. The Morgan fingerprint density at radius 2 is 2.35 bits per heavy atom. The molecule has 1 aromatic rings. The number of piperidine rings is 1. The summed E-state index contributed by atoms with van der Waals surface area (Å²) in [5.74, 6) is -0.0430. The molecule has 0 saturated carbocycles. The van der Waals surface area contributed by atoms with Gasteiger partial charge in [0.05, 0.1) is 19.3 Å². The van der Waals surface area contributed by atoms with Gasteiger partial charge in [-0.2, -0.15) is 0 Å². The summed E-state index contributed by atoms with van der Waals surface area (Å²) in [4.78, 5) is 31.0. The van der Waals surface area contributed by atoms with E-state index in [-0.39, 0.29) is 18.6 Å². The zero-order valence-corrected chi connectivity index (χ0v) is 13.0. The van der Waals surface area contributed by atoms with Crippen LogP contribution >= 0.6 is 0 Å². The van der Waals surface area contributed by atoms with Crippen LogP contribution in [0.1, 0.15) is 18.4 Å². The lowest BCUT2D eigenvalue weighted by molar-refractivity contribution is -0.136. The number of aromatic nitrogens is 1. The molecule has 0 N–H and O–H groups in total. The predicted molar refractivity (Wildman–Crippen MR) is 81.5 cm³/mol. The summed E-state index contributed by atoms with van der Waals surface area (Å²) in [6.45, 7) is 2.73. The van der Waals surface area contributed by atoms with Crippen LogP contribution in [0.4, 0.5) is 4.79 Å². The minimum Gasteiger partial charge on any atom is -0.448 e. The molecule has 3 rings (SSSR count). The SMILES string of the molecule is O=C(CN1CCOC1=O)N1CCCC(OCc2cccnc2)C1. The van der Waals surface area contributed by atoms with Crippen molar-refractivity contribution >= 4 is 12.0 Å². The average Bonchev–Trinajstić information content (AvgIpc) is 2.99. The molecule has 0 radical (unpaired) electrons. The molecule has 1 aromatic heterocycles. The Morgan fingerprint density at radius 1 is 1.43 bits per heavy atom. The number of ether oxygens (including phenoxy) is 2. The quantitative estimate of drug-likeness (QED) is 0.811.